The van der Waals surface area contributed by atoms with Crippen molar-refractivity contribution in [2.75, 3.05) is 0 Å². The first kappa shape index (κ1) is 4.46. The number of alkyl halides is 2. The fraction of sp³-hybridized carbons (Fsp3) is 0.600. The molecule has 3 fully saturated rings. The van der Waals surface area contributed by atoms with E-state index in [9.17, 15) is 0 Å². The third-order valence-corrected chi connectivity index (χ3v) is 2.81. The summed E-state index contributed by atoms with van der Waals surface area (Å²) in [4.78, 5) is 0. The van der Waals surface area contributed by atoms with Crippen LogP contribution < -0.4 is 0 Å². The van der Waals surface area contributed by atoms with Gasteiger partial charge in [-0.3, -0.25) is 0 Å². The van der Waals surface area contributed by atoms with Crippen molar-refractivity contribution >= 4 is 23.2 Å². The van der Waals surface area contributed by atoms with Crippen molar-refractivity contribution in [1.29, 1.82) is 0 Å². The fourth-order valence-corrected chi connectivity index (χ4v) is 1.48. The molecule has 0 N–H and O–H groups in total. The van der Waals surface area contributed by atoms with E-state index in [1.54, 1.807) is 0 Å². The molecule has 0 nitrogen and oxygen atoms in total. The van der Waals surface area contributed by atoms with E-state index < -0.39 is 4.33 Å². The summed E-state index contributed by atoms with van der Waals surface area (Å²) in [5.74, 6) is 2.62. The highest BCUT2D eigenvalue weighted by Crippen LogP contribution is 2.70. The number of hydrogen-bond acceptors (Lipinski definition) is 0. The molecule has 0 aliphatic heterocycles. The minimum Gasteiger partial charge on any atom is -0.100 e. The van der Waals surface area contributed by atoms with Crippen LogP contribution in [0.5, 0.6) is 0 Å². The Kier molecular flexibility index (Phi) is 0.614. The molecule has 0 saturated heterocycles. The van der Waals surface area contributed by atoms with Crippen molar-refractivity contribution in [2.45, 2.75) is 17.2 Å². The molecule has 0 unspecified atom stereocenters. The molecule has 0 spiro atoms. The quantitative estimate of drug-likeness (QED) is 0.446. The van der Waals surface area contributed by atoms with E-state index in [4.69, 9.17) is 23.2 Å². The van der Waals surface area contributed by atoms with E-state index in [2.05, 4.69) is 0 Å². The van der Waals surface area contributed by atoms with E-state index in [0.717, 1.165) is 12.8 Å². The molecule has 2 bridgehead atoms. The molecule has 0 aromatic carbocycles. The summed E-state index contributed by atoms with van der Waals surface area (Å²) in [6.07, 6.45) is 2.24. The second-order valence-corrected chi connectivity index (χ2v) is 3.46. The van der Waals surface area contributed by atoms with Gasteiger partial charge in [0.2, 0.25) is 0 Å². The van der Waals surface area contributed by atoms with Crippen LogP contribution in [0.2, 0.25) is 0 Å². The van der Waals surface area contributed by atoms with Gasteiger partial charge in [0.1, 0.15) is 4.33 Å². The van der Waals surface area contributed by atoms with Crippen LogP contribution in [-0.4, -0.2) is 4.33 Å². The highest BCUT2D eigenvalue weighted by molar-refractivity contribution is 6.54. The highest BCUT2D eigenvalue weighted by atomic mass is 35.5. The van der Waals surface area contributed by atoms with Crippen LogP contribution in [0.15, 0.2) is 0 Å². The molecule has 0 aromatic rings. The number of halogens is 2. The Morgan fingerprint density at radius 3 is 1.43 bits per heavy atom. The Hall–Kier alpha value is 0.580. The van der Waals surface area contributed by atoms with Gasteiger partial charge in [0, 0.05) is 11.8 Å². The molecule has 2 radical (unpaired) electrons. The summed E-state index contributed by atoms with van der Waals surface area (Å²) < 4.78 is -0.444. The Labute approximate surface area is 52.8 Å². The van der Waals surface area contributed by atoms with Gasteiger partial charge in [-0.15, -0.1) is 23.2 Å². The third-order valence-electron chi connectivity index (χ3n) is 1.74. The molecule has 3 aliphatic carbocycles. The monoisotopic (exact) mass is 134 g/mol. The van der Waals surface area contributed by atoms with Crippen molar-refractivity contribution in [3.8, 4) is 0 Å². The van der Waals surface area contributed by atoms with Crippen molar-refractivity contribution in [1.82, 2.24) is 0 Å². The van der Waals surface area contributed by atoms with Crippen LogP contribution in [0.4, 0.5) is 0 Å². The van der Waals surface area contributed by atoms with Gasteiger partial charge >= 0.3 is 0 Å². The van der Waals surface area contributed by atoms with Crippen molar-refractivity contribution in [2.24, 2.45) is 0 Å². The van der Waals surface area contributed by atoms with E-state index in [1.165, 1.54) is 11.8 Å². The topological polar surface area (TPSA) is 0 Å². The van der Waals surface area contributed by atoms with Crippen molar-refractivity contribution in [3.05, 3.63) is 11.8 Å². The zero-order chi connectivity index (χ0) is 5.07. The van der Waals surface area contributed by atoms with Crippen LogP contribution in [0, 0.1) is 11.8 Å². The molecule has 38 valence electrons. The lowest BCUT2D eigenvalue weighted by molar-refractivity contribution is 0.370. The van der Waals surface area contributed by atoms with Crippen molar-refractivity contribution < 1.29 is 0 Å². The van der Waals surface area contributed by atoms with Gasteiger partial charge in [0.25, 0.3) is 0 Å². The molecule has 3 saturated carbocycles. The Bertz CT molecular complexity index is 92.6. The first-order valence-electron chi connectivity index (χ1n) is 2.29. The molecule has 3 rings (SSSR count). The van der Waals surface area contributed by atoms with Gasteiger partial charge in [-0.1, -0.05) is 0 Å². The lowest BCUT2D eigenvalue weighted by Crippen LogP contribution is -2.55. The summed E-state index contributed by atoms with van der Waals surface area (Å²) in [6.45, 7) is 0. The van der Waals surface area contributed by atoms with Gasteiger partial charge in [0.05, 0.1) is 0 Å². The molecule has 0 amide bonds. The maximum Gasteiger partial charge on any atom is 0.130 e. The zero-order valence-electron chi connectivity index (χ0n) is 3.67. The first-order chi connectivity index (χ1) is 3.21. The van der Waals surface area contributed by atoms with Crippen molar-refractivity contribution in [3.63, 3.8) is 0 Å². The molecule has 0 heterocycles. The smallest absolute Gasteiger partial charge is 0.100 e. The molecule has 2 heteroatoms. The second kappa shape index (κ2) is 0.964. The largest absolute Gasteiger partial charge is 0.130 e. The van der Waals surface area contributed by atoms with Gasteiger partial charge in [-0.2, -0.15) is 0 Å². The molecule has 0 aromatic heterocycles. The molecule has 7 heavy (non-hydrogen) atoms. The average molecular weight is 135 g/mol. The third kappa shape index (κ3) is 0.326. The summed E-state index contributed by atoms with van der Waals surface area (Å²) in [6, 6.07) is 0. The molecule has 3 aliphatic rings. The van der Waals surface area contributed by atoms with Crippen LogP contribution in [0.3, 0.4) is 0 Å². The van der Waals surface area contributed by atoms with Crippen LogP contribution >= 0.6 is 23.2 Å². The molecule has 0 atom stereocenters. The summed E-state index contributed by atoms with van der Waals surface area (Å²) in [5.41, 5.74) is 0. The van der Waals surface area contributed by atoms with E-state index in [0.29, 0.717) is 0 Å². The summed E-state index contributed by atoms with van der Waals surface area (Å²) >= 11 is 11.4. The highest BCUT2D eigenvalue weighted by Gasteiger charge is 2.64. The van der Waals surface area contributed by atoms with Gasteiger partial charge in [-0.25, -0.2) is 0 Å². The summed E-state index contributed by atoms with van der Waals surface area (Å²) in [5, 5.41) is 0. The minimum atomic E-state index is -0.444. The maximum atomic E-state index is 5.70. The predicted octanol–water partition coefficient (Wildman–Crippen LogP) is 2.12. The fourth-order valence-electron chi connectivity index (χ4n) is 0.944. The Morgan fingerprint density at radius 2 is 1.43 bits per heavy atom. The Balaban J connectivity index is 2.18. The van der Waals surface area contributed by atoms with E-state index >= 15 is 0 Å². The van der Waals surface area contributed by atoms with E-state index in [-0.39, 0.29) is 0 Å². The molecular formula is C5H4Cl2. The Morgan fingerprint density at radius 1 is 1.14 bits per heavy atom. The normalized spacial score (nSPS) is 36.9. The van der Waals surface area contributed by atoms with Gasteiger partial charge < -0.3 is 0 Å². The minimum absolute atomic E-state index is 0.444. The van der Waals surface area contributed by atoms with Gasteiger partial charge in [0.15, 0.2) is 0 Å². The maximum absolute atomic E-state index is 5.70. The van der Waals surface area contributed by atoms with Gasteiger partial charge in [-0.05, 0) is 12.8 Å². The standard InChI is InChI=1S/C5H4Cl2/c6-5(7)3-1-4(5)2-3/h1-2H2. The lowest BCUT2D eigenvalue weighted by atomic mass is 9.55. The van der Waals surface area contributed by atoms with Crippen LogP contribution in [-0.2, 0) is 0 Å². The second-order valence-electron chi connectivity index (χ2n) is 2.14. The van der Waals surface area contributed by atoms with Crippen LogP contribution in [0.1, 0.15) is 12.8 Å². The first-order valence-corrected chi connectivity index (χ1v) is 3.05. The molecular weight excluding hydrogens is 131 g/mol. The SMILES string of the molecule is ClC1(Cl)[C]2C[C]1C2. The van der Waals surface area contributed by atoms with E-state index in [1.807, 2.05) is 0 Å². The lowest BCUT2D eigenvalue weighted by Gasteiger charge is -2.59. The zero-order valence-corrected chi connectivity index (χ0v) is 5.18. The predicted molar refractivity (Wildman–Crippen MR) is 30.2 cm³/mol. The summed E-state index contributed by atoms with van der Waals surface area (Å²) in [7, 11) is 0. The van der Waals surface area contributed by atoms with Crippen LogP contribution in [0.25, 0.3) is 0 Å². The average Bonchev–Trinajstić information content (AvgIpc) is 1.26. The number of rotatable bonds is 0. The number of hydrogen-bond donors (Lipinski definition) is 0.